The van der Waals surface area contributed by atoms with Crippen LogP contribution in [0.2, 0.25) is 0 Å². The van der Waals surface area contributed by atoms with Crippen LogP contribution in [0.15, 0.2) is 38.1 Å². The fourth-order valence-corrected chi connectivity index (χ4v) is 3.56. The standard InChI is InChI=1S/C13H15BrN2O4S/c1-8-13(6-12(7-15)20-8)21(17,18)16-10-3-9(14)4-11(5-10)19-2/h3-6,16H,7,15H2,1-2H3. The Morgan fingerprint density at radius 3 is 2.62 bits per heavy atom. The molecule has 0 atom stereocenters. The van der Waals surface area contributed by atoms with Gasteiger partial charge in [-0.25, -0.2) is 8.42 Å². The SMILES string of the molecule is COc1cc(Br)cc(NS(=O)(=O)c2cc(CN)oc2C)c1. The Labute approximate surface area is 131 Å². The number of anilines is 1. The van der Waals surface area contributed by atoms with Crippen LogP contribution in [0, 0.1) is 6.92 Å². The van der Waals surface area contributed by atoms with E-state index in [0.29, 0.717) is 27.4 Å². The van der Waals surface area contributed by atoms with Crippen LogP contribution in [-0.2, 0) is 16.6 Å². The van der Waals surface area contributed by atoms with Crippen LogP contribution in [0.3, 0.4) is 0 Å². The number of aryl methyl sites for hydroxylation is 1. The topological polar surface area (TPSA) is 94.6 Å². The number of hydrogen-bond acceptors (Lipinski definition) is 5. The largest absolute Gasteiger partial charge is 0.497 e. The molecule has 1 aromatic heterocycles. The van der Waals surface area contributed by atoms with Gasteiger partial charge in [0, 0.05) is 16.6 Å². The minimum atomic E-state index is -3.75. The molecule has 1 heterocycles. The Morgan fingerprint density at radius 2 is 2.05 bits per heavy atom. The molecular formula is C13H15BrN2O4S. The third-order valence-electron chi connectivity index (χ3n) is 2.77. The number of benzene rings is 1. The molecule has 0 fully saturated rings. The van der Waals surface area contributed by atoms with E-state index in [2.05, 4.69) is 20.7 Å². The van der Waals surface area contributed by atoms with E-state index in [1.165, 1.54) is 13.2 Å². The molecule has 0 amide bonds. The van der Waals surface area contributed by atoms with E-state index in [1.54, 1.807) is 25.1 Å². The first-order valence-corrected chi connectivity index (χ1v) is 8.30. The molecular weight excluding hydrogens is 360 g/mol. The van der Waals surface area contributed by atoms with Crippen molar-refractivity contribution < 1.29 is 17.6 Å². The second-order valence-corrected chi connectivity index (χ2v) is 6.89. The molecule has 0 unspecified atom stereocenters. The van der Waals surface area contributed by atoms with Crippen LogP contribution in [0.25, 0.3) is 0 Å². The van der Waals surface area contributed by atoms with Crippen molar-refractivity contribution in [3.05, 3.63) is 40.3 Å². The van der Waals surface area contributed by atoms with Crippen LogP contribution in [0.5, 0.6) is 5.75 Å². The molecule has 0 saturated heterocycles. The van der Waals surface area contributed by atoms with Crippen LogP contribution in [0.4, 0.5) is 5.69 Å². The highest BCUT2D eigenvalue weighted by atomic mass is 79.9. The smallest absolute Gasteiger partial charge is 0.265 e. The van der Waals surface area contributed by atoms with Crippen LogP contribution >= 0.6 is 15.9 Å². The van der Waals surface area contributed by atoms with E-state index >= 15 is 0 Å². The van der Waals surface area contributed by atoms with E-state index < -0.39 is 10.0 Å². The minimum Gasteiger partial charge on any atom is -0.497 e. The third kappa shape index (κ3) is 3.58. The summed E-state index contributed by atoms with van der Waals surface area (Å²) in [6, 6.07) is 6.38. The molecule has 114 valence electrons. The molecule has 0 aliphatic heterocycles. The molecule has 0 aliphatic carbocycles. The molecule has 2 aromatic rings. The lowest BCUT2D eigenvalue weighted by Crippen LogP contribution is -2.13. The summed E-state index contributed by atoms with van der Waals surface area (Å²) in [4.78, 5) is 0.0712. The predicted octanol–water partition coefficient (Wildman–Crippen LogP) is 2.62. The second kappa shape index (κ2) is 6.08. The summed E-state index contributed by atoms with van der Waals surface area (Å²) < 4.78 is 38.4. The maximum absolute atomic E-state index is 12.4. The van der Waals surface area contributed by atoms with E-state index in [4.69, 9.17) is 14.9 Å². The Kier molecular flexibility index (Phi) is 4.60. The zero-order chi connectivity index (χ0) is 15.6. The van der Waals surface area contributed by atoms with Crippen LogP contribution < -0.4 is 15.2 Å². The molecule has 3 N–H and O–H groups in total. The van der Waals surface area contributed by atoms with Crippen molar-refractivity contribution in [1.82, 2.24) is 0 Å². The van der Waals surface area contributed by atoms with E-state index in [9.17, 15) is 8.42 Å². The average molecular weight is 375 g/mol. The molecule has 8 heteroatoms. The number of rotatable bonds is 5. The molecule has 21 heavy (non-hydrogen) atoms. The maximum atomic E-state index is 12.4. The lowest BCUT2D eigenvalue weighted by atomic mass is 10.3. The molecule has 1 aromatic carbocycles. The van der Waals surface area contributed by atoms with Crippen molar-refractivity contribution in [2.24, 2.45) is 5.73 Å². The third-order valence-corrected chi connectivity index (χ3v) is 4.72. The maximum Gasteiger partial charge on any atom is 0.265 e. The Morgan fingerprint density at radius 1 is 1.33 bits per heavy atom. The van der Waals surface area contributed by atoms with Crippen LogP contribution in [-0.4, -0.2) is 15.5 Å². The summed E-state index contributed by atoms with van der Waals surface area (Å²) in [7, 11) is -2.24. The Hall–Kier alpha value is -1.51. The van der Waals surface area contributed by atoms with Gasteiger partial charge in [-0.15, -0.1) is 0 Å². The minimum absolute atomic E-state index is 0.0712. The van der Waals surface area contributed by atoms with Crippen molar-refractivity contribution in [3.8, 4) is 5.75 Å². The highest BCUT2D eigenvalue weighted by Crippen LogP contribution is 2.28. The zero-order valence-corrected chi connectivity index (χ0v) is 13.9. The van der Waals surface area contributed by atoms with Gasteiger partial charge in [0.1, 0.15) is 22.2 Å². The number of sulfonamides is 1. The number of nitrogens with one attached hydrogen (secondary N) is 1. The number of methoxy groups -OCH3 is 1. The first kappa shape index (κ1) is 15.9. The quantitative estimate of drug-likeness (QED) is 0.838. The molecule has 6 nitrogen and oxygen atoms in total. The fourth-order valence-electron chi connectivity index (χ4n) is 1.84. The molecule has 0 bridgehead atoms. The van der Waals surface area contributed by atoms with Crippen LogP contribution in [0.1, 0.15) is 11.5 Å². The van der Waals surface area contributed by atoms with Crippen molar-refractivity contribution in [2.75, 3.05) is 11.8 Å². The average Bonchev–Trinajstić information content (AvgIpc) is 2.79. The van der Waals surface area contributed by atoms with Gasteiger partial charge in [0.2, 0.25) is 0 Å². The summed E-state index contributed by atoms with van der Waals surface area (Å²) in [6.07, 6.45) is 0. The monoisotopic (exact) mass is 374 g/mol. The predicted molar refractivity (Wildman–Crippen MR) is 82.8 cm³/mol. The summed E-state index contributed by atoms with van der Waals surface area (Å²) >= 11 is 3.30. The summed E-state index contributed by atoms with van der Waals surface area (Å²) in [6.45, 7) is 1.72. The lowest BCUT2D eigenvalue weighted by Gasteiger charge is -2.09. The van der Waals surface area contributed by atoms with E-state index in [-0.39, 0.29) is 11.4 Å². The lowest BCUT2D eigenvalue weighted by molar-refractivity contribution is 0.415. The van der Waals surface area contributed by atoms with E-state index in [0.717, 1.165) is 0 Å². The van der Waals surface area contributed by atoms with Crippen molar-refractivity contribution in [2.45, 2.75) is 18.4 Å². The number of halogens is 1. The van der Waals surface area contributed by atoms with Crippen molar-refractivity contribution in [3.63, 3.8) is 0 Å². The first-order chi connectivity index (χ1) is 9.85. The van der Waals surface area contributed by atoms with Gasteiger partial charge in [0.15, 0.2) is 0 Å². The number of furan rings is 1. The van der Waals surface area contributed by atoms with Gasteiger partial charge < -0.3 is 14.9 Å². The van der Waals surface area contributed by atoms with Gasteiger partial charge in [-0.3, -0.25) is 4.72 Å². The van der Waals surface area contributed by atoms with E-state index in [1.807, 2.05) is 0 Å². The van der Waals surface area contributed by atoms with Gasteiger partial charge in [0.05, 0.1) is 19.3 Å². The molecule has 0 saturated carbocycles. The van der Waals surface area contributed by atoms with Gasteiger partial charge in [-0.05, 0) is 19.1 Å². The van der Waals surface area contributed by atoms with Gasteiger partial charge in [-0.2, -0.15) is 0 Å². The molecule has 0 spiro atoms. The Balaban J connectivity index is 2.37. The highest BCUT2D eigenvalue weighted by molar-refractivity contribution is 9.10. The van der Waals surface area contributed by atoms with Crippen molar-refractivity contribution >= 4 is 31.6 Å². The van der Waals surface area contributed by atoms with Gasteiger partial charge in [0.25, 0.3) is 10.0 Å². The summed E-state index contributed by atoms with van der Waals surface area (Å²) in [5.74, 6) is 1.25. The molecule has 0 radical (unpaired) electrons. The van der Waals surface area contributed by atoms with Crippen molar-refractivity contribution in [1.29, 1.82) is 0 Å². The number of ether oxygens (including phenoxy) is 1. The fraction of sp³-hybridized carbons (Fsp3) is 0.231. The second-order valence-electron chi connectivity index (χ2n) is 4.32. The highest BCUT2D eigenvalue weighted by Gasteiger charge is 2.21. The Bertz CT molecular complexity index is 756. The van der Waals surface area contributed by atoms with Gasteiger partial charge in [-0.1, -0.05) is 15.9 Å². The number of hydrogen-bond donors (Lipinski definition) is 2. The molecule has 2 rings (SSSR count). The van der Waals surface area contributed by atoms with Gasteiger partial charge >= 0.3 is 0 Å². The molecule has 0 aliphatic rings. The normalized spacial score (nSPS) is 11.4. The summed E-state index contributed by atoms with van der Waals surface area (Å²) in [5.41, 5.74) is 5.84. The first-order valence-electron chi connectivity index (χ1n) is 6.02. The summed E-state index contributed by atoms with van der Waals surface area (Å²) in [5, 5.41) is 0. The zero-order valence-electron chi connectivity index (χ0n) is 11.5. The number of nitrogens with two attached hydrogens (primary N) is 1.